The monoisotopic (exact) mass is 277 g/mol. The summed E-state index contributed by atoms with van der Waals surface area (Å²) in [6.45, 7) is 0. The summed E-state index contributed by atoms with van der Waals surface area (Å²) in [5.41, 5.74) is 0.357. The Hall–Kier alpha value is -0.880. The maximum Gasteiger partial charge on any atom is 0.344 e. The fraction of sp³-hybridized carbons (Fsp3) is 0.250. The molecule has 0 amide bonds. The molecule has 0 unspecified atom stereocenters. The molecular formula is C8H8BrNO3S. The van der Waals surface area contributed by atoms with E-state index >= 15 is 0 Å². The number of nitrogens with zero attached hydrogens (tertiary/aromatic N) is 1. The standard InChI is InChI=1S/C8H8BrNO3S/c1-12-7-6(8(11)13-2)5(3-4-9)14-10-7/h3-4H,1-2H3/b4-3+. The van der Waals surface area contributed by atoms with Crippen LogP contribution in [0.5, 0.6) is 5.88 Å². The Balaban J connectivity index is 3.18. The highest BCUT2D eigenvalue weighted by molar-refractivity contribution is 9.11. The molecule has 0 aliphatic carbocycles. The molecule has 1 aromatic heterocycles. The van der Waals surface area contributed by atoms with Crippen LogP contribution >= 0.6 is 27.5 Å². The van der Waals surface area contributed by atoms with Crippen LogP contribution in [0.1, 0.15) is 15.2 Å². The topological polar surface area (TPSA) is 48.4 Å². The third kappa shape index (κ3) is 2.13. The molecule has 6 heteroatoms. The molecule has 0 saturated carbocycles. The third-order valence-electron chi connectivity index (χ3n) is 1.48. The number of hydrogen-bond donors (Lipinski definition) is 0. The van der Waals surface area contributed by atoms with Gasteiger partial charge >= 0.3 is 5.97 Å². The summed E-state index contributed by atoms with van der Waals surface area (Å²) in [5, 5.41) is 0. The Labute approximate surface area is 93.8 Å². The molecule has 0 atom stereocenters. The maximum atomic E-state index is 11.4. The van der Waals surface area contributed by atoms with Crippen molar-refractivity contribution in [2.45, 2.75) is 0 Å². The fourth-order valence-electron chi connectivity index (χ4n) is 0.888. The van der Waals surface area contributed by atoms with Gasteiger partial charge in [-0.3, -0.25) is 0 Å². The van der Waals surface area contributed by atoms with Gasteiger partial charge in [-0.2, -0.15) is 4.37 Å². The van der Waals surface area contributed by atoms with Crippen LogP contribution in [0.3, 0.4) is 0 Å². The molecule has 0 radical (unpaired) electrons. The van der Waals surface area contributed by atoms with E-state index in [9.17, 15) is 4.79 Å². The van der Waals surface area contributed by atoms with Crippen LogP contribution in [-0.2, 0) is 4.74 Å². The molecule has 14 heavy (non-hydrogen) atoms. The lowest BCUT2D eigenvalue weighted by Crippen LogP contribution is -2.03. The highest BCUT2D eigenvalue weighted by Gasteiger charge is 2.20. The Bertz CT molecular complexity index is 361. The van der Waals surface area contributed by atoms with Crippen molar-refractivity contribution in [3.8, 4) is 5.88 Å². The zero-order chi connectivity index (χ0) is 10.6. The van der Waals surface area contributed by atoms with Crippen molar-refractivity contribution in [2.75, 3.05) is 14.2 Å². The van der Waals surface area contributed by atoms with Gasteiger partial charge in [-0.15, -0.1) is 0 Å². The molecule has 76 valence electrons. The van der Waals surface area contributed by atoms with Gasteiger partial charge in [0.25, 0.3) is 0 Å². The fourth-order valence-corrected chi connectivity index (χ4v) is 2.06. The average molecular weight is 278 g/mol. The quantitative estimate of drug-likeness (QED) is 0.796. The van der Waals surface area contributed by atoms with E-state index in [2.05, 4.69) is 25.0 Å². The Kier molecular flexibility index (Phi) is 4.09. The number of ether oxygens (including phenoxy) is 2. The number of aromatic nitrogens is 1. The van der Waals surface area contributed by atoms with Crippen molar-refractivity contribution in [1.82, 2.24) is 4.37 Å². The van der Waals surface area contributed by atoms with E-state index in [0.29, 0.717) is 16.3 Å². The molecule has 4 nitrogen and oxygen atoms in total. The molecule has 0 aromatic carbocycles. The summed E-state index contributed by atoms with van der Waals surface area (Å²) in [4.78, 5) is 13.7. The van der Waals surface area contributed by atoms with Crippen molar-refractivity contribution in [3.63, 3.8) is 0 Å². The SMILES string of the molecule is COC(=O)c1c(OC)nsc1/C=C/Br. The lowest BCUT2D eigenvalue weighted by molar-refractivity contribution is 0.0597. The second-order valence-electron chi connectivity index (χ2n) is 2.22. The molecule has 0 aliphatic rings. The summed E-state index contributed by atoms with van der Waals surface area (Å²) >= 11 is 4.30. The maximum absolute atomic E-state index is 11.4. The van der Waals surface area contributed by atoms with Crippen molar-refractivity contribution in [3.05, 3.63) is 15.4 Å². The van der Waals surface area contributed by atoms with E-state index in [4.69, 9.17) is 4.74 Å². The van der Waals surface area contributed by atoms with Gasteiger partial charge in [0.2, 0.25) is 5.88 Å². The summed E-state index contributed by atoms with van der Waals surface area (Å²) in [6, 6.07) is 0. The molecule has 0 fully saturated rings. The van der Waals surface area contributed by atoms with Crippen LogP contribution in [-0.4, -0.2) is 24.6 Å². The third-order valence-corrected chi connectivity index (χ3v) is 2.54. The summed E-state index contributed by atoms with van der Waals surface area (Å²) < 4.78 is 13.5. The number of hydrogen-bond acceptors (Lipinski definition) is 5. The first-order chi connectivity index (χ1) is 6.74. The number of rotatable bonds is 3. The van der Waals surface area contributed by atoms with Crippen LogP contribution < -0.4 is 4.74 Å². The number of carbonyl (C=O) groups is 1. The first-order valence-corrected chi connectivity index (χ1v) is 5.32. The van der Waals surface area contributed by atoms with Crippen molar-refractivity contribution in [2.24, 2.45) is 0 Å². The molecule has 1 aromatic rings. The second kappa shape index (κ2) is 5.11. The van der Waals surface area contributed by atoms with Crippen molar-refractivity contribution in [1.29, 1.82) is 0 Å². The number of carbonyl (C=O) groups excluding carboxylic acids is 1. The zero-order valence-electron chi connectivity index (χ0n) is 7.61. The molecule has 1 rings (SSSR count). The average Bonchev–Trinajstić information content (AvgIpc) is 2.60. The molecule has 0 N–H and O–H groups in total. The highest BCUT2D eigenvalue weighted by atomic mass is 79.9. The number of halogens is 1. The van der Waals surface area contributed by atoms with Gasteiger partial charge in [0.05, 0.1) is 19.1 Å². The lowest BCUT2D eigenvalue weighted by atomic mass is 10.2. The smallest absolute Gasteiger partial charge is 0.344 e. The summed E-state index contributed by atoms with van der Waals surface area (Å²) in [6.07, 6.45) is 1.71. The molecular weight excluding hydrogens is 270 g/mol. The predicted octanol–water partition coefficient (Wildman–Crippen LogP) is 2.30. The molecule has 0 bridgehead atoms. The minimum Gasteiger partial charge on any atom is -0.480 e. The normalized spacial score (nSPS) is 10.5. The van der Waals surface area contributed by atoms with Gasteiger partial charge < -0.3 is 9.47 Å². The van der Waals surface area contributed by atoms with Gasteiger partial charge in [-0.1, -0.05) is 15.9 Å². The predicted molar refractivity (Wildman–Crippen MR) is 58.0 cm³/mol. The van der Waals surface area contributed by atoms with Crippen LogP contribution in [0, 0.1) is 0 Å². The van der Waals surface area contributed by atoms with Crippen LogP contribution in [0.25, 0.3) is 6.08 Å². The van der Waals surface area contributed by atoms with Crippen LogP contribution in [0.15, 0.2) is 4.99 Å². The van der Waals surface area contributed by atoms with E-state index in [-0.39, 0.29) is 0 Å². The number of esters is 1. The molecule has 0 aliphatic heterocycles. The molecule has 1 heterocycles. The minimum absolute atomic E-state index is 0.294. The van der Waals surface area contributed by atoms with E-state index in [0.717, 1.165) is 0 Å². The van der Waals surface area contributed by atoms with Crippen molar-refractivity contribution >= 4 is 39.5 Å². The lowest BCUT2D eigenvalue weighted by Gasteiger charge is -1.99. The summed E-state index contributed by atoms with van der Waals surface area (Å²) in [5.74, 6) is -0.154. The van der Waals surface area contributed by atoms with Crippen LogP contribution in [0.2, 0.25) is 0 Å². The van der Waals surface area contributed by atoms with E-state index < -0.39 is 5.97 Å². The number of methoxy groups -OCH3 is 2. The first kappa shape index (κ1) is 11.2. The van der Waals surface area contributed by atoms with Gasteiger partial charge in [0.15, 0.2) is 0 Å². The Morgan fingerprint density at radius 1 is 1.57 bits per heavy atom. The van der Waals surface area contributed by atoms with Crippen molar-refractivity contribution < 1.29 is 14.3 Å². The zero-order valence-corrected chi connectivity index (χ0v) is 10.0. The van der Waals surface area contributed by atoms with E-state index in [1.54, 1.807) is 11.1 Å². The van der Waals surface area contributed by atoms with Gasteiger partial charge in [-0.25, -0.2) is 4.79 Å². The van der Waals surface area contributed by atoms with E-state index in [1.165, 1.54) is 25.8 Å². The van der Waals surface area contributed by atoms with Gasteiger partial charge in [-0.05, 0) is 22.6 Å². The Morgan fingerprint density at radius 2 is 2.29 bits per heavy atom. The van der Waals surface area contributed by atoms with E-state index in [1.807, 2.05) is 0 Å². The molecule has 0 spiro atoms. The summed E-state index contributed by atoms with van der Waals surface area (Å²) in [7, 11) is 2.78. The van der Waals surface area contributed by atoms with Crippen LogP contribution in [0.4, 0.5) is 0 Å². The Morgan fingerprint density at radius 3 is 2.79 bits per heavy atom. The highest BCUT2D eigenvalue weighted by Crippen LogP contribution is 2.27. The second-order valence-corrected chi connectivity index (χ2v) is 3.55. The van der Waals surface area contributed by atoms with Gasteiger partial charge in [0.1, 0.15) is 5.56 Å². The van der Waals surface area contributed by atoms with Gasteiger partial charge in [0, 0.05) is 0 Å². The first-order valence-electron chi connectivity index (χ1n) is 3.63. The largest absolute Gasteiger partial charge is 0.480 e. The molecule has 0 saturated heterocycles. The minimum atomic E-state index is -0.448.